The number of nitrogens with zero attached hydrogens (tertiary/aromatic N) is 1. The first kappa shape index (κ1) is 15.3. The molecular weight excluding hydrogens is 256 g/mol. The van der Waals surface area contributed by atoms with Gasteiger partial charge in [-0.2, -0.15) is 0 Å². The van der Waals surface area contributed by atoms with Crippen LogP contribution in [0.3, 0.4) is 0 Å². The van der Waals surface area contributed by atoms with Gasteiger partial charge in [-0.3, -0.25) is 4.79 Å². The summed E-state index contributed by atoms with van der Waals surface area (Å²) in [6.07, 6.45) is 7.06. The number of piperidine rings is 1. The standard InChI is InChI=1S/C15H26N2O3/c1-14(13(19)20)7-5-6-10-17(14)12(18)15(11-16)8-3-2-4-9-15/h2-11,16H2,1H3,(H,19,20). The van der Waals surface area contributed by atoms with E-state index in [1.54, 1.807) is 11.8 Å². The summed E-state index contributed by atoms with van der Waals surface area (Å²) in [4.78, 5) is 26.3. The molecule has 20 heavy (non-hydrogen) atoms. The van der Waals surface area contributed by atoms with Gasteiger partial charge in [-0.15, -0.1) is 0 Å². The first-order chi connectivity index (χ1) is 9.46. The Morgan fingerprint density at radius 3 is 2.25 bits per heavy atom. The molecule has 5 nitrogen and oxygen atoms in total. The Labute approximate surface area is 120 Å². The zero-order valence-corrected chi connectivity index (χ0v) is 12.4. The smallest absolute Gasteiger partial charge is 0.329 e. The minimum atomic E-state index is -1.06. The van der Waals surface area contributed by atoms with Crippen LogP contribution in [-0.4, -0.2) is 40.5 Å². The van der Waals surface area contributed by atoms with Crippen LogP contribution >= 0.6 is 0 Å². The van der Waals surface area contributed by atoms with Crippen molar-refractivity contribution in [2.45, 2.75) is 63.8 Å². The summed E-state index contributed by atoms with van der Waals surface area (Å²) in [5, 5.41) is 9.55. The summed E-state index contributed by atoms with van der Waals surface area (Å²) < 4.78 is 0. The summed E-state index contributed by atoms with van der Waals surface area (Å²) >= 11 is 0. The number of hydrogen-bond donors (Lipinski definition) is 2. The second-order valence-corrected chi connectivity index (χ2v) is 6.54. The molecule has 0 aromatic rings. The molecule has 114 valence electrons. The van der Waals surface area contributed by atoms with E-state index in [9.17, 15) is 14.7 Å². The fourth-order valence-electron chi connectivity index (χ4n) is 3.69. The first-order valence-electron chi connectivity index (χ1n) is 7.72. The molecular formula is C15H26N2O3. The largest absolute Gasteiger partial charge is 0.480 e. The highest BCUT2D eigenvalue weighted by molar-refractivity contribution is 5.90. The van der Waals surface area contributed by atoms with Gasteiger partial charge in [0.25, 0.3) is 0 Å². The van der Waals surface area contributed by atoms with Crippen molar-refractivity contribution in [2.24, 2.45) is 11.1 Å². The number of carboxylic acid groups (broad SMARTS) is 1. The second-order valence-electron chi connectivity index (χ2n) is 6.54. The SMILES string of the molecule is CC1(C(=O)O)CCCCN1C(=O)C1(CN)CCCCC1. The number of carbonyl (C=O) groups excluding carboxylic acids is 1. The fraction of sp³-hybridized carbons (Fsp3) is 0.867. The van der Waals surface area contributed by atoms with Crippen LogP contribution in [0.1, 0.15) is 58.3 Å². The van der Waals surface area contributed by atoms with Crippen molar-refractivity contribution in [3.05, 3.63) is 0 Å². The number of carbonyl (C=O) groups is 2. The lowest BCUT2D eigenvalue weighted by atomic mass is 9.71. The van der Waals surface area contributed by atoms with E-state index >= 15 is 0 Å². The molecule has 2 aliphatic rings. The van der Waals surface area contributed by atoms with Gasteiger partial charge < -0.3 is 15.7 Å². The van der Waals surface area contributed by atoms with Crippen LogP contribution in [0.15, 0.2) is 0 Å². The maximum atomic E-state index is 13.0. The average molecular weight is 282 g/mol. The van der Waals surface area contributed by atoms with E-state index in [4.69, 9.17) is 5.73 Å². The lowest BCUT2D eigenvalue weighted by molar-refractivity contribution is -0.167. The zero-order chi connectivity index (χ0) is 14.8. The van der Waals surface area contributed by atoms with Gasteiger partial charge in [0.05, 0.1) is 5.41 Å². The van der Waals surface area contributed by atoms with Gasteiger partial charge in [0, 0.05) is 13.1 Å². The van der Waals surface area contributed by atoms with Crippen molar-refractivity contribution >= 4 is 11.9 Å². The van der Waals surface area contributed by atoms with Gasteiger partial charge in [0.1, 0.15) is 5.54 Å². The molecule has 1 heterocycles. The monoisotopic (exact) mass is 282 g/mol. The number of amides is 1. The fourth-order valence-corrected chi connectivity index (χ4v) is 3.69. The highest BCUT2D eigenvalue weighted by atomic mass is 16.4. The molecule has 2 rings (SSSR count). The molecule has 1 saturated heterocycles. The van der Waals surface area contributed by atoms with E-state index in [1.165, 1.54) is 0 Å². The molecule has 0 radical (unpaired) electrons. The quantitative estimate of drug-likeness (QED) is 0.826. The molecule has 1 aliphatic heterocycles. The Morgan fingerprint density at radius 2 is 1.70 bits per heavy atom. The molecule has 0 spiro atoms. The topological polar surface area (TPSA) is 83.6 Å². The Hall–Kier alpha value is -1.10. The van der Waals surface area contributed by atoms with Gasteiger partial charge in [0.2, 0.25) is 5.91 Å². The van der Waals surface area contributed by atoms with Crippen LogP contribution in [0.2, 0.25) is 0 Å². The lowest BCUT2D eigenvalue weighted by Crippen LogP contribution is -2.62. The van der Waals surface area contributed by atoms with Crippen molar-refractivity contribution in [1.29, 1.82) is 0 Å². The summed E-state index contributed by atoms with van der Waals surface area (Å²) in [6, 6.07) is 0. The lowest BCUT2D eigenvalue weighted by Gasteiger charge is -2.47. The van der Waals surface area contributed by atoms with E-state index in [-0.39, 0.29) is 5.91 Å². The predicted molar refractivity (Wildman–Crippen MR) is 76.2 cm³/mol. The van der Waals surface area contributed by atoms with Crippen LogP contribution in [0.4, 0.5) is 0 Å². The molecule has 2 fully saturated rings. The minimum Gasteiger partial charge on any atom is -0.480 e. The van der Waals surface area contributed by atoms with Crippen molar-refractivity contribution in [3.8, 4) is 0 Å². The Bertz CT molecular complexity index is 391. The van der Waals surface area contributed by atoms with Crippen LogP contribution in [0.25, 0.3) is 0 Å². The van der Waals surface area contributed by atoms with Crippen molar-refractivity contribution in [1.82, 2.24) is 4.90 Å². The zero-order valence-electron chi connectivity index (χ0n) is 12.4. The van der Waals surface area contributed by atoms with E-state index in [2.05, 4.69) is 0 Å². The van der Waals surface area contributed by atoms with Crippen molar-refractivity contribution < 1.29 is 14.7 Å². The molecule has 3 N–H and O–H groups in total. The Balaban J connectivity index is 2.27. The summed E-state index contributed by atoms with van der Waals surface area (Å²) in [5.74, 6) is -0.919. The van der Waals surface area contributed by atoms with Gasteiger partial charge in [-0.25, -0.2) is 4.79 Å². The molecule has 1 aliphatic carbocycles. The number of likely N-dealkylation sites (tertiary alicyclic amines) is 1. The molecule has 1 saturated carbocycles. The van der Waals surface area contributed by atoms with Gasteiger partial charge in [-0.1, -0.05) is 19.3 Å². The number of rotatable bonds is 3. The first-order valence-corrected chi connectivity index (χ1v) is 7.72. The molecule has 1 amide bonds. The van der Waals surface area contributed by atoms with Crippen LogP contribution in [0.5, 0.6) is 0 Å². The number of aliphatic carboxylic acids is 1. The Morgan fingerprint density at radius 1 is 1.10 bits per heavy atom. The maximum Gasteiger partial charge on any atom is 0.329 e. The average Bonchev–Trinajstić information content (AvgIpc) is 2.47. The molecule has 5 heteroatoms. The van der Waals surface area contributed by atoms with E-state index in [0.717, 1.165) is 44.9 Å². The van der Waals surface area contributed by atoms with Crippen LogP contribution < -0.4 is 5.73 Å². The van der Waals surface area contributed by atoms with E-state index in [1.807, 2.05) is 0 Å². The summed E-state index contributed by atoms with van der Waals surface area (Å²) in [5.41, 5.74) is 4.33. The Kier molecular flexibility index (Phi) is 4.37. The number of nitrogens with two attached hydrogens (primary N) is 1. The minimum absolute atomic E-state index is 0.0238. The number of hydrogen-bond acceptors (Lipinski definition) is 3. The normalized spacial score (nSPS) is 30.0. The van der Waals surface area contributed by atoms with Crippen LogP contribution in [-0.2, 0) is 9.59 Å². The van der Waals surface area contributed by atoms with Crippen LogP contribution in [0, 0.1) is 5.41 Å². The number of carboxylic acids is 1. The van der Waals surface area contributed by atoms with E-state index < -0.39 is 16.9 Å². The van der Waals surface area contributed by atoms with Crippen molar-refractivity contribution in [2.75, 3.05) is 13.1 Å². The van der Waals surface area contributed by atoms with Gasteiger partial charge >= 0.3 is 5.97 Å². The van der Waals surface area contributed by atoms with Gasteiger partial charge in [0.15, 0.2) is 0 Å². The highest BCUT2D eigenvalue weighted by Crippen LogP contribution is 2.40. The molecule has 0 bridgehead atoms. The second kappa shape index (κ2) is 5.72. The third-order valence-corrected chi connectivity index (χ3v) is 5.25. The van der Waals surface area contributed by atoms with Gasteiger partial charge in [-0.05, 0) is 39.0 Å². The summed E-state index contributed by atoms with van der Waals surface area (Å²) in [6.45, 7) is 2.56. The predicted octanol–water partition coefficient (Wildman–Crippen LogP) is 1.75. The third kappa shape index (κ3) is 2.43. The van der Waals surface area contributed by atoms with Crippen molar-refractivity contribution in [3.63, 3.8) is 0 Å². The summed E-state index contributed by atoms with van der Waals surface area (Å²) in [7, 11) is 0. The molecule has 1 unspecified atom stereocenters. The molecule has 0 aromatic carbocycles. The highest BCUT2D eigenvalue weighted by Gasteiger charge is 2.50. The van der Waals surface area contributed by atoms with E-state index in [0.29, 0.717) is 19.5 Å². The third-order valence-electron chi connectivity index (χ3n) is 5.25. The molecule has 0 aromatic heterocycles. The molecule has 1 atom stereocenters. The maximum absolute atomic E-state index is 13.0.